The molecule has 5 heteroatoms. The van der Waals surface area contributed by atoms with Crippen LogP contribution in [-0.2, 0) is 10.0 Å². The fourth-order valence-corrected chi connectivity index (χ4v) is 5.30. The molecule has 0 unspecified atom stereocenters. The highest BCUT2D eigenvalue weighted by molar-refractivity contribution is 7.90. The van der Waals surface area contributed by atoms with Crippen LogP contribution in [0.4, 0.5) is 5.69 Å². The maximum atomic E-state index is 12.1. The summed E-state index contributed by atoms with van der Waals surface area (Å²) in [5, 5.41) is -0.0600. The fraction of sp³-hybridized carbons (Fsp3) is 0.571. The summed E-state index contributed by atoms with van der Waals surface area (Å²) in [6.45, 7) is 3.45. The van der Waals surface area contributed by atoms with Crippen LogP contribution >= 0.6 is 0 Å². The van der Waals surface area contributed by atoms with E-state index in [9.17, 15) is 8.42 Å². The molecule has 0 bridgehead atoms. The second-order valence-electron chi connectivity index (χ2n) is 6.20. The zero-order valence-electron chi connectivity index (χ0n) is 10.8. The maximum absolute atomic E-state index is 12.1. The van der Waals surface area contributed by atoms with E-state index in [2.05, 4.69) is 17.0 Å². The lowest BCUT2D eigenvalue weighted by molar-refractivity contribution is 0.0394. The van der Waals surface area contributed by atoms with Gasteiger partial charge in [0, 0.05) is 37.3 Å². The average molecular weight is 278 g/mol. The van der Waals surface area contributed by atoms with Gasteiger partial charge in [0.1, 0.15) is 0 Å². The van der Waals surface area contributed by atoms with Gasteiger partial charge in [-0.05, 0) is 25.0 Å². The van der Waals surface area contributed by atoms with Gasteiger partial charge in [-0.25, -0.2) is 12.7 Å². The number of hydrogen-bond donors (Lipinski definition) is 0. The van der Waals surface area contributed by atoms with Crippen LogP contribution in [0.2, 0.25) is 0 Å². The first kappa shape index (κ1) is 11.7. The van der Waals surface area contributed by atoms with Crippen LogP contribution in [0.5, 0.6) is 0 Å². The first-order chi connectivity index (χ1) is 9.09. The molecule has 2 heterocycles. The Morgan fingerprint density at radius 2 is 1.63 bits per heavy atom. The van der Waals surface area contributed by atoms with Crippen molar-refractivity contribution < 1.29 is 8.42 Å². The first-order valence-corrected chi connectivity index (χ1v) is 8.38. The third-order valence-electron chi connectivity index (χ3n) is 4.50. The number of rotatable bonds is 3. The van der Waals surface area contributed by atoms with Crippen molar-refractivity contribution in [2.24, 2.45) is 5.41 Å². The summed E-state index contributed by atoms with van der Waals surface area (Å²) < 4.78 is 25.8. The van der Waals surface area contributed by atoms with E-state index in [1.54, 1.807) is 4.31 Å². The van der Waals surface area contributed by atoms with Gasteiger partial charge in [-0.2, -0.15) is 0 Å². The van der Waals surface area contributed by atoms with Crippen molar-refractivity contribution in [1.29, 1.82) is 0 Å². The molecule has 0 radical (unpaired) electrons. The van der Waals surface area contributed by atoms with Gasteiger partial charge in [0.25, 0.3) is 0 Å². The minimum absolute atomic E-state index is 0.0600. The molecule has 102 valence electrons. The summed E-state index contributed by atoms with van der Waals surface area (Å²) >= 11 is 0. The zero-order chi connectivity index (χ0) is 13.1. The number of sulfonamides is 1. The summed E-state index contributed by atoms with van der Waals surface area (Å²) in [5.74, 6) is 0. The first-order valence-electron chi connectivity index (χ1n) is 6.88. The van der Waals surface area contributed by atoms with E-state index >= 15 is 0 Å². The summed E-state index contributed by atoms with van der Waals surface area (Å²) in [4.78, 5) is 2.33. The Kier molecular flexibility index (Phi) is 2.30. The van der Waals surface area contributed by atoms with E-state index in [4.69, 9.17) is 0 Å². The van der Waals surface area contributed by atoms with Gasteiger partial charge in [0.15, 0.2) is 0 Å². The smallest absolute Gasteiger partial charge is 0.217 e. The Morgan fingerprint density at radius 3 is 2.21 bits per heavy atom. The van der Waals surface area contributed by atoms with Gasteiger partial charge < -0.3 is 4.90 Å². The summed E-state index contributed by atoms with van der Waals surface area (Å²) in [6, 6.07) is 10.3. The Hall–Kier alpha value is -1.07. The molecule has 1 aromatic carbocycles. The van der Waals surface area contributed by atoms with Crippen LogP contribution in [0, 0.1) is 5.41 Å². The lowest BCUT2D eigenvalue weighted by atomic mass is 9.74. The van der Waals surface area contributed by atoms with E-state index < -0.39 is 10.0 Å². The van der Waals surface area contributed by atoms with Gasteiger partial charge in [0.05, 0.1) is 5.25 Å². The van der Waals surface area contributed by atoms with Crippen molar-refractivity contribution in [3.63, 3.8) is 0 Å². The van der Waals surface area contributed by atoms with Gasteiger partial charge in [-0.3, -0.25) is 0 Å². The number of nitrogens with zero attached hydrogens (tertiary/aromatic N) is 2. The van der Waals surface area contributed by atoms with Crippen LogP contribution in [0.25, 0.3) is 0 Å². The molecular weight excluding hydrogens is 260 g/mol. The molecule has 3 fully saturated rings. The molecule has 1 aliphatic carbocycles. The standard InChI is InChI=1S/C14H18N2O2S/c17-19(18,13-6-7-13)16-10-14(11-16)8-15(9-14)12-4-2-1-3-5-12/h1-5,13H,6-11H2. The number of para-hydroxylation sites is 1. The minimum atomic E-state index is -2.94. The Bertz CT molecular complexity index is 581. The van der Waals surface area contributed by atoms with Crippen molar-refractivity contribution >= 4 is 15.7 Å². The van der Waals surface area contributed by atoms with Crippen molar-refractivity contribution in [2.75, 3.05) is 31.1 Å². The van der Waals surface area contributed by atoms with Gasteiger partial charge >= 0.3 is 0 Å². The molecule has 0 amide bonds. The van der Waals surface area contributed by atoms with E-state index in [0.717, 1.165) is 39.0 Å². The van der Waals surface area contributed by atoms with Crippen molar-refractivity contribution in [2.45, 2.75) is 18.1 Å². The SMILES string of the molecule is O=S(=O)(C1CC1)N1CC2(CN(c3ccccc3)C2)C1. The van der Waals surface area contributed by atoms with E-state index in [0.29, 0.717) is 0 Å². The number of anilines is 1. The fourth-order valence-electron chi connectivity index (χ4n) is 3.24. The Labute approximate surface area is 114 Å². The second-order valence-corrected chi connectivity index (χ2v) is 8.42. The Morgan fingerprint density at radius 1 is 1.00 bits per heavy atom. The third-order valence-corrected chi connectivity index (χ3v) is 6.79. The third kappa shape index (κ3) is 1.79. The van der Waals surface area contributed by atoms with Crippen molar-refractivity contribution in [1.82, 2.24) is 4.31 Å². The summed E-state index contributed by atoms with van der Waals surface area (Å²) in [5.41, 5.74) is 1.48. The summed E-state index contributed by atoms with van der Waals surface area (Å²) in [7, 11) is -2.94. The van der Waals surface area contributed by atoms with Crippen LogP contribution in [0.3, 0.4) is 0 Å². The molecular formula is C14H18N2O2S. The Balaban J connectivity index is 1.38. The van der Waals surface area contributed by atoms with Crippen molar-refractivity contribution in [3.8, 4) is 0 Å². The van der Waals surface area contributed by atoms with Crippen LogP contribution in [0.15, 0.2) is 30.3 Å². The van der Waals surface area contributed by atoms with Gasteiger partial charge in [-0.15, -0.1) is 0 Å². The second kappa shape index (κ2) is 3.73. The number of hydrogen-bond acceptors (Lipinski definition) is 3. The molecule has 0 atom stereocenters. The molecule has 0 aromatic heterocycles. The lowest BCUT2D eigenvalue weighted by Gasteiger charge is -2.60. The monoisotopic (exact) mass is 278 g/mol. The van der Waals surface area contributed by atoms with Crippen LogP contribution in [0.1, 0.15) is 12.8 Å². The maximum Gasteiger partial charge on any atom is 0.217 e. The topological polar surface area (TPSA) is 40.6 Å². The highest BCUT2D eigenvalue weighted by Gasteiger charge is 2.57. The molecule has 2 aliphatic heterocycles. The predicted octanol–water partition coefficient (Wildman–Crippen LogP) is 1.30. The number of benzene rings is 1. The van der Waals surface area contributed by atoms with Crippen molar-refractivity contribution in [3.05, 3.63) is 30.3 Å². The molecule has 1 aromatic rings. The van der Waals surface area contributed by atoms with Gasteiger partial charge in [-0.1, -0.05) is 18.2 Å². The normalized spacial score (nSPS) is 26.0. The highest BCUT2D eigenvalue weighted by Crippen LogP contribution is 2.45. The van der Waals surface area contributed by atoms with Crippen LogP contribution in [-0.4, -0.2) is 44.2 Å². The van der Waals surface area contributed by atoms with E-state index in [1.165, 1.54) is 5.69 Å². The van der Waals surface area contributed by atoms with Gasteiger partial charge in [0.2, 0.25) is 10.0 Å². The summed E-state index contributed by atoms with van der Waals surface area (Å²) in [6.07, 6.45) is 1.73. The largest absolute Gasteiger partial charge is 0.370 e. The van der Waals surface area contributed by atoms with E-state index in [1.807, 2.05) is 18.2 Å². The lowest BCUT2D eigenvalue weighted by Crippen LogP contribution is -2.73. The molecule has 1 saturated carbocycles. The molecule has 19 heavy (non-hydrogen) atoms. The average Bonchev–Trinajstić information content (AvgIpc) is 3.10. The molecule has 2 saturated heterocycles. The highest BCUT2D eigenvalue weighted by atomic mass is 32.2. The minimum Gasteiger partial charge on any atom is -0.370 e. The molecule has 4 rings (SSSR count). The van der Waals surface area contributed by atoms with E-state index in [-0.39, 0.29) is 10.7 Å². The zero-order valence-corrected chi connectivity index (χ0v) is 11.6. The molecule has 0 N–H and O–H groups in total. The predicted molar refractivity (Wildman–Crippen MR) is 74.6 cm³/mol. The molecule has 1 spiro atoms. The van der Waals surface area contributed by atoms with Crippen LogP contribution < -0.4 is 4.90 Å². The molecule has 3 aliphatic rings. The quantitative estimate of drug-likeness (QED) is 0.837. The molecule has 4 nitrogen and oxygen atoms in total.